The van der Waals surface area contributed by atoms with E-state index in [1.165, 1.54) is 4.90 Å². The second-order valence-electron chi connectivity index (χ2n) is 11.8. The van der Waals surface area contributed by atoms with Gasteiger partial charge in [0.1, 0.15) is 5.82 Å². The summed E-state index contributed by atoms with van der Waals surface area (Å²) in [7, 11) is 2.14. The normalized spacial score (nSPS) is 20.3. The van der Waals surface area contributed by atoms with Crippen LogP contribution in [0, 0.1) is 11.8 Å². The SMILES string of the molecule is C[C@@H](CO)N(C[C@H]1CC[C@H](CNC(=O)c2cc(-c3ccc(N4CCN(C)CC4)nc3)nc3ccccc23)CC1)C(=O)O. The smallest absolute Gasteiger partial charge is 0.407 e. The summed E-state index contributed by atoms with van der Waals surface area (Å²) in [6.45, 7) is 6.49. The standard InChI is InChI=1S/C32H42N6O4/c1-22(21-39)38(32(41)42)20-24-9-7-23(8-10-24)18-34-31(40)27-17-29(35-28-6-4-3-5-26(27)28)25-11-12-30(33-19-25)37-15-13-36(2)14-16-37/h3-6,11-12,17,19,22-24,39H,7-10,13-16,18,20-21H2,1-2H3,(H,34,40)(H,41,42)/t22-,23-,24-/m0/s1. The summed E-state index contributed by atoms with van der Waals surface area (Å²) in [4.78, 5) is 40.6. The maximum Gasteiger partial charge on any atom is 0.407 e. The highest BCUT2D eigenvalue weighted by molar-refractivity contribution is 6.07. The summed E-state index contributed by atoms with van der Waals surface area (Å²) < 4.78 is 0. The number of aromatic nitrogens is 2. The topological polar surface area (TPSA) is 122 Å². The van der Waals surface area contributed by atoms with Crippen molar-refractivity contribution in [3.05, 3.63) is 54.2 Å². The molecule has 0 spiro atoms. The maximum absolute atomic E-state index is 13.5. The molecular weight excluding hydrogens is 532 g/mol. The van der Waals surface area contributed by atoms with Gasteiger partial charge in [-0.25, -0.2) is 14.8 Å². The van der Waals surface area contributed by atoms with Crippen molar-refractivity contribution in [1.29, 1.82) is 0 Å². The van der Waals surface area contributed by atoms with Gasteiger partial charge in [-0.2, -0.15) is 0 Å². The number of anilines is 1. The Morgan fingerprint density at radius 1 is 1.05 bits per heavy atom. The Kier molecular flexibility index (Phi) is 9.54. The van der Waals surface area contributed by atoms with Gasteiger partial charge in [-0.05, 0) is 75.8 Å². The zero-order valence-electron chi connectivity index (χ0n) is 24.6. The fourth-order valence-electron chi connectivity index (χ4n) is 6.05. The highest BCUT2D eigenvalue weighted by Gasteiger charge is 2.27. The fraction of sp³-hybridized carbons (Fsp3) is 0.500. The number of piperazine rings is 1. The molecule has 0 bridgehead atoms. The third-order valence-corrected chi connectivity index (χ3v) is 8.85. The van der Waals surface area contributed by atoms with Crippen molar-refractivity contribution in [2.75, 3.05) is 57.8 Å². The lowest BCUT2D eigenvalue weighted by Crippen LogP contribution is -2.44. The molecule has 1 atom stereocenters. The first-order chi connectivity index (χ1) is 20.3. The summed E-state index contributed by atoms with van der Waals surface area (Å²) in [5.74, 6) is 1.45. The molecule has 2 aliphatic rings. The Bertz CT molecular complexity index is 1370. The molecule has 42 heavy (non-hydrogen) atoms. The number of likely N-dealkylation sites (N-methyl/N-ethyl adjacent to an activating group) is 1. The van der Waals surface area contributed by atoms with Gasteiger partial charge in [-0.1, -0.05) is 18.2 Å². The van der Waals surface area contributed by atoms with Crippen LogP contribution in [-0.2, 0) is 0 Å². The summed E-state index contributed by atoms with van der Waals surface area (Å²) in [5.41, 5.74) is 2.96. The number of pyridine rings is 2. The molecule has 10 nitrogen and oxygen atoms in total. The van der Waals surface area contributed by atoms with Gasteiger partial charge in [0.25, 0.3) is 5.91 Å². The number of benzene rings is 1. The largest absolute Gasteiger partial charge is 0.465 e. The average molecular weight is 575 g/mol. The van der Waals surface area contributed by atoms with Crippen LogP contribution in [0.1, 0.15) is 43.0 Å². The number of carboxylic acid groups (broad SMARTS) is 1. The van der Waals surface area contributed by atoms with E-state index in [1.54, 1.807) is 6.92 Å². The summed E-state index contributed by atoms with van der Waals surface area (Å²) >= 11 is 0. The van der Waals surface area contributed by atoms with Crippen LogP contribution in [0.15, 0.2) is 48.7 Å². The zero-order chi connectivity index (χ0) is 29.6. The molecule has 3 aromatic rings. The fourth-order valence-corrected chi connectivity index (χ4v) is 6.05. The number of nitrogens with one attached hydrogen (secondary N) is 1. The quantitative estimate of drug-likeness (QED) is 0.351. The molecule has 1 aromatic carbocycles. The van der Waals surface area contributed by atoms with Gasteiger partial charge in [0.15, 0.2) is 0 Å². The lowest BCUT2D eigenvalue weighted by molar-refractivity contribution is 0.0844. The Balaban J connectivity index is 1.23. The molecule has 5 rings (SSSR count). The number of carbonyl (C=O) groups is 2. The molecule has 10 heteroatoms. The van der Waals surface area contributed by atoms with Gasteiger partial charge in [0.2, 0.25) is 0 Å². The molecule has 1 aliphatic heterocycles. The Hall–Kier alpha value is -3.76. The number of carbonyl (C=O) groups excluding carboxylic acids is 1. The molecule has 2 fully saturated rings. The van der Waals surface area contributed by atoms with E-state index in [4.69, 9.17) is 9.97 Å². The van der Waals surface area contributed by atoms with Crippen LogP contribution in [0.5, 0.6) is 0 Å². The zero-order valence-corrected chi connectivity index (χ0v) is 24.6. The molecule has 2 aromatic heterocycles. The Morgan fingerprint density at radius 2 is 1.76 bits per heavy atom. The van der Waals surface area contributed by atoms with Crippen LogP contribution < -0.4 is 10.2 Å². The first kappa shape index (κ1) is 29.7. The first-order valence-corrected chi connectivity index (χ1v) is 15.0. The molecular formula is C32H42N6O4. The average Bonchev–Trinajstić information content (AvgIpc) is 3.02. The molecule has 224 valence electrons. The van der Waals surface area contributed by atoms with Crippen molar-refractivity contribution >= 4 is 28.7 Å². The Morgan fingerprint density at radius 3 is 2.43 bits per heavy atom. The number of rotatable bonds is 9. The van der Waals surface area contributed by atoms with Gasteiger partial charge in [-0.3, -0.25) is 4.79 Å². The van der Waals surface area contributed by atoms with Crippen molar-refractivity contribution in [2.24, 2.45) is 11.8 Å². The van der Waals surface area contributed by atoms with Crippen LogP contribution in [-0.4, -0.2) is 101 Å². The predicted molar refractivity (Wildman–Crippen MR) is 164 cm³/mol. The minimum absolute atomic E-state index is 0.118. The molecule has 1 saturated carbocycles. The molecule has 2 amide bonds. The van der Waals surface area contributed by atoms with Crippen molar-refractivity contribution in [2.45, 2.75) is 38.6 Å². The molecule has 3 heterocycles. The summed E-state index contributed by atoms with van der Waals surface area (Å²) in [6, 6.07) is 13.2. The molecule has 1 aliphatic carbocycles. The van der Waals surface area contributed by atoms with Crippen LogP contribution in [0.4, 0.5) is 10.6 Å². The molecule has 3 N–H and O–H groups in total. The number of para-hydroxylation sites is 1. The number of nitrogens with zero attached hydrogens (tertiary/aromatic N) is 5. The van der Waals surface area contributed by atoms with Gasteiger partial charge in [-0.15, -0.1) is 0 Å². The van der Waals surface area contributed by atoms with Gasteiger partial charge < -0.3 is 30.2 Å². The summed E-state index contributed by atoms with van der Waals surface area (Å²) in [5, 5.41) is 22.9. The van der Waals surface area contributed by atoms with Crippen molar-refractivity contribution in [3.63, 3.8) is 0 Å². The number of hydrogen-bond acceptors (Lipinski definition) is 7. The van der Waals surface area contributed by atoms with Crippen LogP contribution in [0.3, 0.4) is 0 Å². The lowest BCUT2D eigenvalue weighted by atomic mass is 9.81. The highest BCUT2D eigenvalue weighted by atomic mass is 16.4. The monoisotopic (exact) mass is 574 g/mol. The highest BCUT2D eigenvalue weighted by Crippen LogP contribution is 2.30. The minimum Gasteiger partial charge on any atom is -0.465 e. The van der Waals surface area contributed by atoms with E-state index in [2.05, 4.69) is 22.2 Å². The van der Waals surface area contributed by atoms with Gasteiger partial charge in [0.05, 0.1) is 29.4 Å². The van der Waals surface area contributed by atoms with Crippen LogP contribution >= 0.6 is 0 Å². The van der Waals surface area contributed by atoms with Crippen LogP contribution in [0.2, 0.25) is 0 Å². The predicted octanol–water partition coefficient (Wildman–Crippen LogP) is 3.95. The molecule has 0 unspecified atom stereocenters. The van der Waals surface area contributed by atoms with Crippen molar-refractivity contribution in [3.8, 4) is 11.3 Å². The maximum atomic E-state index is 13.5. The van der Waals surface area contributed by atoms with Crippen molar-refractivity contribution in [1.82, 2.24) is 25.1 Å². The number of hydrogen-bond donors (Lipinski definition) is 3. The van der Waals surface area contributed by atoms with E-state index in [0.29, 0.717) is 24.6 Å². The van der Waals surface area contributed by atoms with Gasteiger partial charge in [0, 0.05) is 56.4 Å². The van der Waals surface area contributed by atoms with Crippen LogP contribution in [0.25, 0.3) is 22.2 Å². The molecule has 0 radical (unpaired) electrons. The third kappa shape index (κ3) is 6.99. The second kappa shape index (κ2) is 13.5. The number of aliphatic hydroxyl groups excluding tert-OH is 1. The molecule has 1 saturated heterocycles. The van der Waals surface area contributed by atoms with E-state index in [0.717, 1.165) is 79.8 Å². The Labute approximate surface area is 247 Å². The van der Waals surface area contributed by atoms with E-state index >= 15 is 0 Å². The van der Waals surface area contributed by atoms with E-state index in [9.17, 15) is 19.8 Å². The number of fused-ring (bicyclic) bond motifs is 1. The minimum atomic E-state index is -0.989. The van der Waals surface area contributed by atoms with E-state index < -0.39 is 12.1 Å². The first-order valence-electron chi connectivity index (χ1n) is 15.0. The summed E-state index contributed by atoms with van der Waals surface area (Å²) in [6.07, 6.45) is 4.53. The van der Waals surface area contributed by atoms with E-state index in [1.807, 2.05) is 48.7 Å². The third-order valence-electron chi connectivity index (χ3n) is 8.85. The second-order valence-corrected chi connectivity index (χ2v) is 11.8. The van der Waals surface area contributed by atoms with Gasteiger partial charge >= 0.3 is 6.09 Å². The number of amides is 2. The lowest BCUT2D eigenvalue weighted by Gasteiger charge is -2.33. The number of aliphatic hydroxyl groups is 1. The van der Waals surface area contributed by atoms with E-state index in [-0.39, 0.29) is 18.4 Å². The van der Waals surface area contributed by atoms with Crippen molar-refractivity contribution < 1.29 is 19.8 Å².